The van der Waals surface area contributed by atoms with Crippen molar-refractivity contribution < 1.29 is 28.6 Å². The van der Waals surface area contributed by atoms with Crippen LogP contribution in [0, 0.1) is 0 Å². The zero-order valence-corrected chi connectivity index (χ0v) is 13.7. The number of thioether (sulfide) groups is 1. The Morgan fingerprint density at radius 1 is 1.30 bits per heavy atom. The maximum absolute atomic E-state index is 12.1. The molecule has 1 fully saturated rings. The van der Waals surface area contributed by atoms with Gasteiger partial charge in [-0.05, 0) is 18.6 Å². The van der Waals surface area contributed by atoms with Crippen LogP contribution in [0.4, 0.5) is 0 Å². The van der Waals surface area contributed by atoms with E-state index in [1.807, 2.05) is 6.92 Å². The quantitative estimate of drug-likeness (QED) is 0.581. The van der Waals surface area contributed by atoms with Crippen LogP contribution in [0.2, 0.25) is 0 Å². The lowest BCUT2D eigenvalue weighted by atomic mass is 10.2. The first-order valence-electron chi connectivity index (χ1n) is 7.24. The Hall–Kier alpha value is -2.02. The van der Waals surface area contributed by atoms with Crippen LogP contribution >= 0.6 is 11.8 Å². The summed E-state index contributed by atoms with van der Waals surface area (Å²) in [5.74, 6) is -1.43. The molecule has 0 aromatic heterocycles. The molecule has 2 unspecified atom stereocenters. The van der Waals surface area contributed by atoms with Gasteiger partial charge >= 0.3 is 17.9 Å². The fourth-order valence-corrected chi connectivity index (χ4v) is 3.37. The average Bonchev–Trinajstić information content (AvgIpc) is 2.93. The van der Waals surface area contributed by atoms with Gasteiger partial charge in [-0.15, -0.1) is 0 Å². The van der Waals surface area contributed by atoms with Gasteiger partial charge in [0.2, 0.25) is 0 Å². The summed E-state index contributed by atoms with van der Waals surface area (Å²) in [6.45, 7) is 1.84. The largest absolute Gasteiger partial charge is 0.469 e. The number of esters is 3. The van der Waals surface area contributed by atoms with Crippen molar-refractivity contribution in [2.24, 2.45) is 0 Å². The van der Waals surface area contributed by atoms with Crippen molar-refractivity contribution in [3.63, 3.8) is 0 Å². The number of benzene rings is 1. The van der Waals surface area contributed by atoms with Crippen LogP contribution in [0.25, 0.3) is 0 Å². The lowest BCUT2D eigenvalue weighted by molar-refractivity contribution is -0.149. The highest BCUT2D eigenvalue weighted by molar-refractivity contribution is 8.01. The van der Waals surface area contributed by atoms with Gasteiger partial charge in [-0.1, -0.05) is 36.9 Å². The zero-order chi connectivity index (χ0) is 16.8. The third kappa shape index (κ3) is 4.48. The van der Waals surface area contributed by atoms with Crippen molar-refractivity contribution in [1.29, 1.82) is 0 Å². The third-order valence-corrected chi connectivity index (χ3v) is 4.70. The predicted octanol–water partition coefficient (Wildman–Crippen LogP) is 2.17. The number of carbonyl (C=O) groups excluding carboxylic acids is 3. The maximum Gasteiger partial charge on any atom is 0.338 e. The van der Waals surface area contributed by atoms with E-state index in [-0.39, 0.29) is 6.42 Å². The lowest BCUT2D eigenvalue weighted by Crippen LogP contribution is -2.29. The van der Waals surface area contributed by atoms with E-state index in [1.54, 1.807) is 30.3 Å². The summed E-state index contributed by atoms with van der Waals surface area (Å²) in [5, 5.41) is -0.628. The number of hydrogen-bond acceptors (Lipinski definition) is 7. The fourth-order valence-electron chi connectivity index (χ4n) is 2.08. The molecule has 0 N–H and O–H groups in total. The lowest BCUT2D eigenvalue weighted by Gasteiger charge is -2.20. The topological polar surface area (TPSA) is 78.9 Å². The maximum atomic E-state index is 12.1. The number of rotatable bonds is 6. The van der Waals surface area contributed by atoms with Crippen molar-refractivity contribution in [2.75, 3.05) is 7.11 Å². The number of ether oxygens (including phenoxy) is 3. The van der Waals surface area contributed by atoms with Crippen molar-refractivity contribution in [3.05, 3.63) is 35.9 Å². The van der Waals surface area contributed by atoms with Gasteiger partial charge in [-0.3, -0.25) is 9.59 Å². The molecule has 3 atom stereocenters. The molecule has 1 saturated heterocycles. The molecule has 0 saturated carbocycles. The monoisotopic (exact) mass is 338 g/mol. The van der Waals surface area contributed by atoms with E-state index in [2.05, 4.69) is 4.74 Å². The first-order chi connectivity index (χ1) is 11.0. The van der Waals surface area contributed by atoms with E-state index < -0.39 is 34.7 Å². The van der Waals surface area contributed by atoms with Crippen LogP contribution < -0.4 is 0 Å². The minimum atomic E-state index is -0.628. The Balaban J connectivity index is 1.97. The molecule has 23 heavy (non-hydrogen) atoms. The molecule has 0 aliphatic carbocycles. The van der Waals surface area contributed by atoms with Gasteiger partial charge in [0.15, 0.2) is 5.44 Å². The van der Waals surface area contributed by atoms with Crippen LogP contribution in [0.15, 0.2) is 30.3 Å². The molecule has 124 valence electrons. The average molecular weight is 338 g/mol. The standard InChI is InChI=1S/C16H18O6S/c1-3-11(21-14(18)10-7-5-4-6-8-10)16-22-15(19)12(23-16)9-13(17)20-2/h4-8,11-12,16H,3,9H2,1-2H3/t11?,12-,16?/m0/s1. The van der Waals surface area contributed by atoms with Gasteiger partial charge < -0.3 is 14.2 Å². The summed E-state index contributed by atoms with van der Waals surface area (Å²) < 4.78 is 15.3. The predicted molar refractivity (Wildman–Crippen MR) is 83.8 cm³/mol. The van der Waals surface area contributed by atoms with E-state index in [0.29, 0.717) is 12.0 Å². The zero-order valence-electron chi connectivity index (χ0n) is 12.9. The molecule has 0 bridgehead atoms. The van der Waals surface area contributed by atoms with Gasteiger partial charge in [0.25, 0.3) is 0 Å². The van der Waals surface area contributed by atoms with Crippen LogP contribution in [0.3, 0.4) is 0 Å². The third-order valence-electron chi connectivity index (χ3n) is 3.35. The van der Waals surface area contributed by atoms with E-state index in [4.69, 9.17) is 9.47 Å². The summed E-state index contributed by atoms with van der Waals surface area (Å²) in [7, 11) is 1.27. The second-order valence-corrected chi connectivity index (χ2v) is 6.23. The summed E-state index contributed by atoms with van der Waals surface area (Å²) in [6, 6.07) is 8.61. The van der Waals surface area contributed by atoms with Crippen LogP contribution in [-0.2, 0) is 23.8 Å². The first-order valence-corrected chi connectivity index (χ1v) is 8.18. The smallest absolute Gasteiger partial charge is 0.338 e. The molecule has 1 aliphatic rings. The molecule has 0 amide bonds. The van der Waals surface area contributed by atoms with Crippen molar-refractivity contribution in [2.45, 2.75) is 36.6 Å². The molecule has 2 rings (SSSR count). The molecule has 0 radical (unpaired) electrons. The molecular formula is C16H18O6S. The summed E-state index contributed by atoms with van der Waals surface area (Å²) >= 11 is 1.18. The van der Waals surface area contributed by atoms with Crippen LogP contribution in [0.5, 0.6) is 0 Å². The van der Waals surface area contributed by atoms with E-state index in [1.165, 1.54) is 18.9 Å². The van der Waals surface area contributed by atoms with E-state index >= 15 is 0 Å². The number of cyclic esters (lactones) is 1. The first kappa shape index (κ1) is 17.3. The minimum absolute atomic E-state index is 0.0560. The Labute approximate surface area is 138 Å². The molecule has 1 aromatic carbocycles. The fraction of sp³-hybridized carbons (Fsp3) is 0.438. The Morgan fingerprint density at radius 2 is 2.00 bits per heavy atom. The Morgan fingerprint density at radius 3 is 2.61 bits per heavy atom. The molecule has 1 aromatic rings. The van der Waals surface area contributed by atoms with Crippen molar-refractivity contribution >= 4 is 29.7 Å². The minimum Gasteiger partial charge on any atom is -0.469 e. The molecule has 6 nitrogen and oxygen atoms in total. The van der Waals surface area contributed by atoms with Gasteiger partial charge in [0.05, 0.1) is 19.1 Å². The molecular weight excluding hydrogens is 320 g/mol. The van der Waals surface area contributed by atoms with Gasteiger partial charge in [-0.2, -0.15) is 0 Å². The highest BCUT2D eigenvalue weighted by atomic mass is 32.2. The second kappa shape index (κ2) is 8.01. The molecule has 7 heteroatoms. The SMILES string of the molecule is CCC(OC(=O)c1ccccc1)C1OC(=O)[C@H](CC(=O)OC)S1. The Bertz CT molecular complexity index is 573. The Kier molecular flexibility index (Phi) is 6.04. The van der Waals surface area contributed by atoms with Crippen molar-refractivity contribution in [1.82, 2.24) is 0 Å². The van der Waals surface area contributed by atoms with Crippen LogP contribution in [-0.4, -0.2) is 41.8 Å². The summed E-state index contributed by atoms with van der Waals surface area (Å²) in [4.78, 5) is 35.2. The van der Waals surface area contributed by atoms with Gasteiger partial charge in [0, 0.05) is 0 Å². The van der Waals surface area contributed by atoms with Gasteiger partial charge in [-0.25, -0.2) is 4.79 Å². The number of methoxy groups -OCH3 is 1. The van der Waals surface area contributed by atoms with Gasteiger partial charge in [0.1, 0.15) is 11.4 Å². The molecule has 1 heterocycles. The highest BCUT2D eigenvalue weighted by Gasteiger charge is 2.41. The number of carbonyl (C=O) groups is 3. The number of hydrogen-bond donors (Lipinski definition) is 0. The highest BCUT2D eigenvalue weighted by Crippen LogP contribution is 2.35. The molecule has 1 aliphatic heterocycles. The summed E-state index contributed by atoms with van der Waals surface area (Å²) in [5.41, 5.74) is -0.179. The molecule has 0 spiro atoms. The second-order valence-electron chi connectivity index (χ2n) is 4.93. The van der Waals surface area contributed by atoms with E-state index in [0.717, 1.165) is 0 Å². The summed E-state index contributed by atoms with van der Waals surface area (Å²) in [6.07, 6.45) is -0.132. The normalized spacial score (nSPS) is 21.4. The van der Waals surface area contributed by atoms with Crippen molar-refractivity contribution in [3.8, 4) is 0 Å². The van der Waals surface area contributed by atoms with E-state index in [9.17, 15) is 14.4 Å². The van der Waals surface area contributed by atoms with Crippen LogP contribution in [0.1, 0.15) is 30.1 Å².